The van der Waals surface area contributed by atoms with Gasteiger partial charge in [-0.25, -0.2) is 9.37 Å². The van der Waals surface area contributed by atoms with Crippen LogP contribution in [0.4, 0.5) is 9.52 Å². The standard InChI is InChI=1S/C16H11FN2S/c17-12-4-1-9(2-5-12)10-3-6-13-11(7-10)8-14-15(13)19-16(18)20-14/h1-7H,8H2,(H2,18,19)/p+1. The van der Waals surface area contributed by atoms with Gasteiger partial charge in [0.1, 0.15) is 11.5 Å². The van der Waals surface area contributed by atoms with Crippen LogP contribution in [0.1, 0.15) is 10.4 Å². The first-order valence-corrected chi connectivity index (χ1v) is 7.22. The second-order valence-electron chi connectivity index (χ2n) is 4.95. The lowest BCUT2D eigenvalue weighted by Crippen LogP contribution is -2.06. The van der Waals surface area contributed by atoms with Crippen LogP contribution in [0.2, 0.25) is 0 Å². The summed E-state index contributed by atoms with van der Waals surface area (Å²) in [4.78, 5) is 4.51. The van der Waals surface area contributed by atoms with Crippen LogP contribution in [-0.4, -0.2) is 0 Å². The van der Waals surface area contributed by atoms with Crippen LogP contribution >= 0.6 is 11.3 Å². The van der Waals surface area contributed by atoms with Gasteiger partial charge in [-0.2, -0.15) is 0 Å². The van der Waals surface area contributed by atoms with Crippen LogP contribution in [0.3, 0.4) is 0 Å². The maximum atomic E-state index is 13.0. The Morgan fingerprint density at radius 1 is 1.05 bits per heavy atom. The SMILES string of the molecule is Nc1[nH+]c2c(s1)Cc1cc(-c3ccc(F)cc3)ccc1-2. The summed E-state index contributed by atoms with van der Waals surface area (Å²) in [6, 6.07) is 13.0. The Labute approximate surface area is 119 Å². The fourth-order valence-corrected chi connectivity index (χ4v) is 3.63. The number of fused-ring (bicyclic) bond motifs is 3. The van der Waals surface area contributed by atoms with E-state index in [1.165, 1.54) is 28.1 Å². The molecule has 4 heteroatoms. The van der Waals surface area contributed by atoms with E-state index in [2.05, 4.69) is 23.2 Å². The minimum Gasteiger partial charge on any atom is -0.278 e. The van der Waals surface area contributed by atoms with E-state index in [-0.39, 0.29) is 5.82 Å². The molecule has 0 spiro atoms. The zero-order chi connectivity index (χ0) is 13.7. The number of aromatic amines is 1. The molecule has 0 saturated carbocycles. The fraction of sp³-hybridized carbons (Fsp3) is 0.0625. The van der Waals surface area contributed by atoms with Crippen LogP contribution in [0.5, 0.6) is 0 Å². The second kappa shape index (κ2) is 4.15. The number of benzene rings is 2. The van der Waals surface area contributed by atoms with Crippen molar-refractivity contribution in [3.8, 4) is 22.4 Å². The van der Waals surface area contributed by atoms with Crippen LogP contribution in [0, 0.1) is 5.82 Å². The minimum atomic E-state index is -0.206. The average molecular weight is 283 g/mol. The van der Waals surface area contributed by atoms with E-state index in [1.54, 1.807) is 11.3 Å². The van der Waals surface area contributed by atoms with E-state index in [1.807, 2.05) is 12.1 Å². The third-order valence-electron chi connectivity index (χ3n) is 3.66. The van der Waals surface area contributed by atoms with Crippen molar-refractivity contribution in [1.82, 2.24) is 0 Å². The molecule has 0 aliphatic heterocycles. The highest BCUT2D eigenvalue weighted by Gasteiger charge is 2.25. The molecule has 3 aromatic rings. The van der Waals surface area contributed by atoms with Crippen LogP contribution < -0.4 is 10.7 Å². The Balaban J connectivity index is 1.79. The number of nitrogen functional groups attached to an aromatic ring is 1. The summed E-state index contributed by atoms with van der Waals surface area (Å²) in [5.74, 6) is -0.206. The van der Waals surface area contributed by atoms with Crippen molar-refractivity contribution in [3.05, 3.63) is 58.7 Å². The Bertz CT molecular complexity index is 806. The first-order chi connectivity index (χ1) is 9.70. The number of hydrogen-bond acceptors (Lipinski definition) is 2. The molecule has 0 amide bonds. The Kier molecular flexibility index (Phi) is 2.41. The number of aromatic nitrogens is 1. The van der Waals surface area contributed by atoms with Gasteiger partial charge >= 0.3 is 5.13 Å². The van der Waals surface area contributed by atoms with Gasteiger partial charge in [0.05, 0.1) is 4.88 Å². The first-order valence-electron chi connectivity index (χ1n) is 6.40. The first kappa shape index (κ1) is 11.6. The van der Waals surface area contributed by atoms with E-state index < -0.39 is 0 Å². The molecular formula is C16H12FN2S+. The average Bonchev–Trinajstić information content (AvgIpc) is 2.94. The largest absolute Gasteiger partial charge is 0.330 e. The molecule has 0 saturated heterocycles. The predicted molar refractivity (Wildman–Crippen MR) is 78.9 cm³/mol. The number of anilines is 1. The molecular weight excluding hydrogens is 271 g/mol. The molecule has 0 fully saturated rings. The van der Waals surface area contributed by atoms with Crippen molar-refractivity contribution in [2.24, 2.45) is 0 Å². The molecule has 1 heterocycles. The summed E-state index contributed by atoms with van der Waals surface area (Å²) in [7, 11) is 0. The van der Waals surface area contributed by atoms with Crippen molar-refractivity contribution in [2.45, 2.75) is 6.42 Å². The highest BCUT2D eigenvalue weighted by molar-refractivity contribution is 7.15. The molecule has 3 N–H and O–H groups in total. The highest BCUT2D eigenvalue weighted by atomic mass is 32.1. The predicted octanol–water partition coefficient (Wildman–Crippen LogP) is 3.52. The van der Waals surface area contributed by atoms with E-state index >= 15 is 0 Å². The molecule has 98 valence electrons. The quantitative estimate of drug-likeness (QED) is 0.570. The summed E-state index contributed by atoms with van der Waals surface area (Å²) in [6.45, 7) is 0. The second-order valence-corrected chi connectivity index (χ2v) is 6.08. The summed E-state index contributed by atoms with van der Waals surface area (Å²) in [5, 5.41) is 0.753. The molecule has 0 radical (unpaired) electrons. The Hall–Kier alpha value is -2.20. The maximum absolute atomic E-state index is 13.0. The van der Waals surface area contributed by atoms with Gasteiger partial charge in [-0.3, -0.25) is 5.73 Å². The van der Waals surface area contributed by atoms with Crippen molar-refractivity contribution in [2.75, 3.05) is 5.73 Å². The van der Waals surface area contributed by atoms with Gasteiger partial charge in [0.25, 0.3) is 0 Å². The van der Waals surface area contributed by atoms with Gasteiger partial charge in [0.2, 0.25) is 0 Å². The minimum absolute atomic E-state index is 0.206. The van der Waals surface area contributed by atoms with E-state index in [0.29, 0.717) is 0 Å². The maximum Gasteiger partial charge on any atom is 0.330 e. The summed E-state index contributed by atoms with van der Waals surface area (Å²) < 4.78 is 13.0. The van der Waals surface area contributed by atoms with Gasteiger partial charge < -0.3 is 0 Å². The van der Waals surface area contributed by atoms with E-state index in [0.717, 1.165) is 28.4 Å². The van der Waals surface area contributed by atoms with E-state index in [4.69, 9.17) is 5.73 Å². The third kappa shape index (κ3) is 1.72. The zero-order valence-corrected chi connectivity index (χ0v) is 11.4. The molecule has 20 heavy (non-hydrogen) atoms. The molecule has 2 aromatic carbocycles. The molecule has 0 atom stereocenters. The van der Waals surface area contributed by atoms with Gasteiger partial charge in [0.15, 0.2) is 0 Å². The number of rotatable bonds is 1. The van der Waals surface area contributed by atoms with Crippen molar-refractivity contribution in [3.63, 3.8) is 0 Å². The van der Waals surface area contributed by atoms with E-state index in [9.17, 15) is 4.39 Å². The number of thiazole rings is 1. The van der Waals surface area contributed by atoms with Gasteiger partial charge in [-0.1, -0.05) is 35.6 Å². The molecule has 1 aromatic heterocycles. The van der Waals surface area contributed by atoms with Crippen molar-refractivity contribution >= 4 is 16.5 Å². The zero-order valence-electron chi connectivity index (χ0n) is 10.6. The smallest absolute Gasteiger partial charge is 0.278 e. The summed E-state index contributed by atoms with van der Waals surface area (Å²) in [6.07, 6.45) is 0.915. The van der Waals surface area contributed by atoms with Crippen LogP contribution in [0.15, 0.2) is 42.5 Å². The number of nitrogens with one attached hydrogen (secondary N) is 1. The molecule has 1 aliphatic rings. The number of hydrogen-bond donors (Lipinski definition) is 1. The molecule has 1 aliphatic carbocycles. The number of halogens is 1. The summed E-state index contributed by atoms with van der Waals surface area (Å²) in [5.41, 5.74) is 11.6. The fourth-order valence-electron chi connectivity index (χ4n) is 2.72. The topological polar surface area (TPSA) is 40.2 Å². The Morgan fingerprint density at radius 2 is 1.80 bits per heavy atom. The van der Waals surface area contributed by atoms with Crippen molar-refractivity contribution in [1.29, 1.82) is 0 Å². The lowest BCUT2D eigenvalue weighted by molar-refractivity contribution is -0.340. The molecule has 4 rings (SSSR count). The van der Waals surface area contributed by atoms with Gasteiger partial charge in [-0.05, 0) is 34.9 Å². The third-order valence-corrected chi connectivity index (χ3v) is 4.58. The summed E-state index contributed by atoms with van der Waals surface area (Å²) >= 11 is 1.61. The van der Waals surface area contributed by atoms with Gasteiger partial charge in [-0.15, -0.1) is 0 Å². The van der Waals surface area contributed by atoms with Gasteiger partial charge in [0, 0.05) is 12.0 Å². The number of H-pyrrole nitrogens is 1. The monoisotopic (exact) mass is 283 g/mol. The molecule has 0 unspecified atom stereocenters. The Morgan fingerprint density at radius 3 is 2.60 bits per heavy atom. The normalized spacial score (nSPS) is 12.2. The van der Waals surface area contributed by atoms with Crippen LogP contribution in [0.25, 0.3) is 22.4 Å². The molecule has 0 bridgehead atoms. The number of nitrogens with two attached hydrogens (primary N) is 1. The highest BCUT2D eigenvalue weighted by Crippen LogP contribution is 2.39. The van der Waals surface area contributed by atoms with Crippen LogP contribution in [-0.2, 0) is 6.42 Å². The molecule has 2 nitrogen and oxygen atoms in total. The lowest BCUT2D eigenvalue weighted by Gasteiger charge is -2.05. The lowest BCUT2D eigenvalue weighted by atomic mass is 10.00. The van der Waals surface area contributed by atoms with Crippen molar-refractivity contribution < 1.29 is 9.37 Å².